The van der Waals surface area contributed by atoms with Gasteiger partial charge in [-0.2, -0.15) is 0 Å². The lowest BCUT2D eigenvalue weighted by atomic mass is 10.2. The standard InChI is InChI=1S/C11H12ClNO2/c1-2-3-6-15-11(14)8-4-5-9(12)10(13)7-8/h2-5,7H,6,13H2,1H3/b3-2+. The van der Waals surface area contributed by atoms with E-state index in [-0.39, 0.29) is 6.61 Å². The summed E-state index contributed by atoms with van der Waals surface area (Å²) in [5.74, 6) is -0.406. The predicted octanol–water partition coefficient (Wildman–Crippen LogP) is 2.66. The normalized spacial score (nSPS) is 10.5. The third kappa shape index (κ3) is 3.29. The van der Waals surface area contributed by atoms with Crippen molar-refractivity contribution in [2.75, 3.05) is 12.3 Å². The highest BCUT2D eigenvalue weighted by atomic mass is 35.5. The Morgan fingerprint density at radius 1 is 1.60 bits per heavy atom. The maximum atomic E-state index is 11.4. The van der Waals surface area contributed by atoms with E-state index in [9.17, 15) is 4.79 Å². The van der Waals surface area contributed by atoms with E-state index in [1.807, 2.05) is 13.0 Å². The molecule has 2 N–H and O–H groups in total. The molecule has 0 radical (unpaired) electrons. The fraction of sp³-hybridized carbons (Fsp3) is 0.182. The van der Waals surface area contributed by atoms with E-state index < -0.39 is 5.97 Å². The SMILES string of the molecule is C/C=C/COC(=O)c1ccc(Cl)c(N)c1. The van der Waals surface area contributed by atoms with Crippen LogP contribution < -0.4 is 5.73 Å². The van der Waals surface area contributed by atoms with E-state index in [1.54, 1.807) is 18.2 Å². The molecule has 1 rings (SSSR count). The van der Waals surface area contributed by atoms with Gasteiger partial charge >= 0.3 is 5.97 Å². The van der Waals surface area contributed by atoms with Crippen LogP contribution in [0.2, 0.25) is 5.02 Å². The number of anilines is 1. The van der Waals surface area contributed by atoms with Crippen LogP contribution in [0, 0.1) is 0 Å². The summed E-state index contributed by atoms with van der Waals surface area (Å²) in [6.45, 7) is 2.12. The Kier molecular flexibility index (Phi) is 4.18. The van der Waals surface area contributed by atoms with Crippen LogP contribution in [0.5, 0.6) is 0 Å². The Hall–Kier alpha value is -1.48. The van der Waals surface area contributed by atoms with Crippen molar-refractivity contribution in [1.29, 1.82) is 0 Å². The van der Waals surface area contributed by atoms with Crippen LogP contribution in [0.1, 0.15) is 17.3 Å². The molecule has 0 saturated carbocycles. The Labute approximate surface area is 93.5 Å². The van der Waals surface area contributed by atoms with Gasteiger partial charge in [0, 0.05) is 0 Å². The van der Waals surface area contributed by atoms with E-state index >= 15 is 0 Å². The molecule has 0 amide bonds. The maximum absolute atomic E-state index is 11.4. The van der Waals surface area contributed by atoms with Gasteiger partial charge in [0.15, 0.2) is 0 Å². The minimum absolute atomic E-state index is 0.262. The summed E-state index contributed by atoms with van der Waals surface area (Å²) < 4.78 is 4.94. The number of carbonyl (C=O) groups excluding carboxylic acids is 1. The van der Waals surface area contributed by atoms with Crippen LogP contribution in [-0.4, -0.2) is 12.6 Å². The largest absolute Gasteiger partial charge is 0.458 e. The average Bonchev–Trinajstić information content (AvgIpc) is 2.22. The number of benzene rings is 1. The summed E-state index contributed by atoms with van der Waals surface area (Å²) in [6.07, 6.45) is 3.56. The van der Waals surface area contributed by atoms with Crippen molar-refractivity contribution in [3.05, 3.63) is 40.9 Å². The summed E-state index contributed by atoms with van der Waals surface area (Å²) in [4.78, 5) is 11.4. The molecule has 3 nitrogen and oxygen atoms in total. The third-order valence-electron chi connectivity index (χ3n) is 1.78. The zero-order valence-electron chi connectivity index (χ0n) is 8.37. The summed E-state index contributed by atoms with van der Waals surface area (Å²) in [5, 5.41) is 0.431. The lowest BCUT2D eigenvalue weighted by Crippen LogP contribution is -2.05. The summed E-state index contributed by atoms with van der Waals surface area (Å²) in [6, 6.07) is 4.65. The first-order valence-corrected chi connectivity index (χ1v) is 4.86. The average molecular weight is 226 g/mol. The number of halogens is 1. The van der Waals surface area contributed by atoms with Crippen LogP contribution in [0.3, 0.4) is 0 Å². The van der Waals surface area contributed by atoms with E-state index in [4.69, 9.17) is 22.1 Å². The number of rotatable bonds is 3. The number of hydrogen-bond donors (Lipinski definition) is 1. The molecule has 0 aliphatic carbocycles. The maximum Gasteiger partial charge on any atom is 0.338 e. The first-order valence-electron chi connectivity index (χ1n) is 4.48. The molecule has 0 unspecified atom stereocenters. The van der Waals surface area contributed by atoms with Gasteiger partial charge in [-0.1, -0.05) is 23.8 Å². The van der Waals surface area contributed by atoms with Crippen molar-refractivity contribution < 1.29 is 9.53 Å². The smallest absolute Gasteiger partial charge is 0.338 e. The lowest BCUT2D eigenvalue weighted by molar-refractivity contribution is 0.0549. The van der Waals surface area contributed by atoms with E-state index in [2.05, 4.69) is 0 Å². The highest BCUT2D eigenvalue weighted by Gasteiger charge is 2.07. The second-order valence-electron chi connectivity index (χ2n) is 2.90. The molecule has 0 atom stereocenters. The van der Waals surface area contributed by atoms with Crippen molar-refractivity contribution in [2.45, 2.75) is 6.92 Å². The van der Waals surface area contributed by atoms with Crippen molar-refractivity contribution in [1.82, 2.24) is 0 Å². The number of ether oxygens (including phenoxy) is 1. The third-order valence-corrected chi connectivity index (χ3v) is 2.12. The van der Waals surface area contributed by atoms with Crippen molar-refractivity contribution in [2.24, 2.45) is 0 Å². The zero-order chi connectivity index (χ0) is 11.3. The van der Waals surface area contributed by atoms with Crippen LogP contribution >= 0.6 is 11.6 Å². The van der Waals surface area contributed by atoms with Crippen LogP contribution in [0.15, 0.2) is 30.4 Å². The van der Waals surface area contributed by atoms with E-state index in [0.29, 0.717) is 16.3 Å². The monoisotopic (exact) mass is 225 g/mol. The number of allylic oxidation sites excluding steroid dienone is 1. The summed E-state index contributed by atoms with van der Waals surface area (Å²) in [5.41, 5.74) is 6.34. The molecule has 1 aromatic carbocycles. The molecule has 1 aromatic rings. The molecule has 0 saturated heterocycles. The molecule has 0 aliphatic heterocycles. The molecule has 0 fully saturated rings. The number of nitrogens with two attached hydrogens (primary N) is 1. The fourth-order valence-corrected chi connectivity index (χ4v) is 1.09. The first kappa shape index (κ1) is 11.6. The van der Waals surface area contributed by atoms with Gasteiger partial charge in [-0.15, -0.1) is 0 Å². The highest BCUT2D eigenvalue weighted by Crippen LogP contribution is 2.19. The van der Waals surface area contributed by atoms with Crippen molar-refractivity contribution in [3.63, 3.8) is 0 Å². The molecule has 80 valence electrons. The quantitative estimate of drug-likeness (QED) is 0.489. The molecule has 4 heteroatoms. The minimum atomic E-state index is -0.406. The van der Waals surface area contributed by atoms with Crippen LogP contribution in [-0.2, 0) is 4.74 Å². The fourth-order valence-electron chi connectivity index (χ4n) is 0.974. The number of nitrogen functional groups attached to an aromatic ring is 1. The van der Waals surface area contributed by atoms with Gasteiger partial charge in [0.1, 0.15) is 6.61 Å². The number of carbonyl (C=O) groups is 1. The van der Waals surface area contributed by atoms with Gasteiger partial charge < -0.3 is 10.5 Å². The molecule has 0 aromatic heterocycles. The van der Waals surface area contributed by atoms with Crippen LogP contribution in [0.25, 0.3) is 0 Å². The molecule has 15 heavy (non-hydrogen) atoms. The van der Waals surface area contributed by atoms with E-state index in [0.717, 1.165) is 0 Å². The Morgan fingerprint density at radius 2 is 2.33 bits per heavy atom. The van der Waals surface area contributed by atoms with Gasteiger partial charge in [-0.25, -0.2) is 4.79 Å². The zero-order valence-corrected chi connectivity index (χ0v) is 9.12. The van der Waals surface area contributed by atoms with Gasteiger partial charge in [-0.3, -0.25) is 0 Å². The molecule has 0 spiro atoms. The minimum Gasteiger partial charge on any atom is -0.458 e. The number of esters is 1. The molecule has 0 bridgehead atoms. The van der Waals surface area contributed by atoms with Crippen molar-refractivity contribution in [3.8, 4) is 0 Å². The van der Waals surface area contributed by atoms with Crippen molar-refractivity contribution >= 4 is 23.3 Å². The Morgan fingerprint density at radius 3 is 2.93 bits per heavy atom. The second kappa shape index (κ2) is 5.41. The van der Waals surface area contributed by atoms with Gasteiger partial charge in [0.05, 0.1) is 16.3 Å². The van der Waals surface area contributed by atoms with Gasteiger partial charge in [0.25, 0.3) is 0 Å². The topological polar surface area (TPSA) is 52.3 Å². The Bertz CT molecular complexity index is 388. The molecular weight excluding hydrogens is 214 g/mol. The van der Waals surface area contributed by atoms with Gasteiger partial charge in [0.2, 0.25) is 0 Å². The van der Waals surface area contributed by atoms with Gasteiger partial charge in [-0.05, 0) is 25.1 Å². The molecular formula is C11H12ClNO2. The number of hydrogen-bond acceptors (Lipinski definition) is 3. The predicted molar refractivity (Wildman–Crippen MR) is 61.0 cm³/mol. The molecule has 0 aliphatic rings. The highest BCUT2D eigenvalue weighted by molar-refractivity contribution is 6.33. The Balaban J connectivity index is 2.70. The lowest BCUT2D eigenvalue weighted by Gasteiger charge is -2.03. The first-order chi connectivity index (χ1) is 7.15. The molecule has 0 heterocycles. The second-order valence-corrected chi connectivity index (χ2v) is 3.31. The van der Waals surface area contributed by atoms with E-state index in [1.165, 1.54) is 6.07 Å². The summed E-state index contributed by atoms with van der Waals surface area (Å²) >= 11 is 5.72. The summed E-state index contributed by atoms with van der Waals surface area (Å²) in [7, 11) is 0. The van der Waals surface area contributed by atoms with Crippen LogP contribution in [0.4, 0.5) is 5.69 Å².